The van der Waals surface area contributed by atoms with Crippen LogP contribution in [-0.4, -0.2) is 64.3 Å². The monoisotopic (exact) mass is 486 g/mol. The van der Waals surface area contributed by atoms with Gasteiger partial charge in [0.1, 0.15) is 18.9 Å². The van der Waals surface area contributed by atoms with E-state index in [-0.39, 0.29) is 30.8 Å². The lowest BCUT2D eigenvalue weighted by atomic mass is 10.2. The number of carbonyl (C=O) groups excluding carboxylic acids is 2. The number of rotatable bonds is 8. The smallest absolute Gasteiger partial charge is 0.267 e. The lowest BCUT2D eigenvalue weighted by molar-refractivity contribution is -0.131. The highest BCUT2D eigenvalue weighted by atomic mass is 35.5. The Labute approximate surface area is 203 Å². The fourth-order valence-electron chi connectivity index (χ4n) is 3.21. The second-order valence-corrected chi connectivity index (χ2v) is 7.73. The zero-order valence-electron chi connectivity index (χ0n) is 18.9. The number of nitrogens with zero attached hydrogens (tertiary/aromatic N) is 4. The Morgan fingerprint density at radius 3 is 2.88 bits per heavy atom. The highest BCUT2D eigenvalue weighted by molar-refractivity contribution is 5.95. The third-order valence-electron chi connectivity index (χ3n) is 5.13. The molecule has 0 saturated heterocycles. The van der Waals surface area contributed by atoms with Crippen LogP contribution in [0.5, 0.6) is 11.5 Å². The fourth-order valence-corrected chi connectivity index (χ4v) is 3.21. The van der Waals surface area contributed by atoms with Crippen molar-refractivity contribution in [1.82, 2.24) is 19.7 Å². The molecule has 34 heavy (non-hydrogen) atoms. The molecule has 2 aromatic heterocycles. The number of fused-ring (bicyclic) bond motifs is 1. The number of aryl methyl sites for hydroxylation is 1. The molecule has 1 aliphatic rings. The summed E-state index contributed by atoms with van der Waals surface area (Å²) in [4.78, 5) is 30.8. The van der Waals surface area contributed by atoms with E-state index in [0.29, 0.717) is 37.0 Å². The molecule has 0 radical (unpaired) electrons. The summed E-state index contributed by atoms with van der Waals surface area (Å²) in [6.45, 7) is 3.20. The average Bonchev–Trinajstić information content (AvgIpc) is 3.26. The molecular weight excluding hydrogens is 460 g/mol. The van der Waals surface area contributed by atoms with E-state index in [0.717, 1.165) is 11.3 Å². The maximum Gasteiger partial charge on any atom is 0.267 e. The Bertz CT molecular complexity index is 1120. The van der Waals surface area contributed by atoms with Gasteiger partial charge < -0.3 is 25.0 Å². The molecule has 1 aromatic carbocycles. The maximum absolute atomic E-state index is 12.5. The average molecular weight is 487 g/mol. The summed E-state index contributed by atoms with van der Waals surface area (Å²) >= 11 is 0. The van der Waals surface area contributed by atoms with E-state index in [4.69, 9.17) is 9.47 Å². The third kappa shape index (κ3) is 6.38. The summed E-state index contributed by atoms with van der Waals surface area (Å²) in [6.07, 6.45) is 4.06. The number of hydrogen-bond donors (Lipinski definition) is 2. The van der Waals surface area contributed by atoms with Gasteiger partial charge in [0, 0.05) is 19.4 Å². The lowest BCUT2D eigenvalue weighted by Gasteiger charge is -2.25. The Kier molecular flexibility index (Phi) is 8.31. The van der Waals surface area contributed by atoms with Crippen LogP contribution < -0.4 is 20.1 Å². The first kappa shape index (κ1) is 24.8. The second-order valence-electron chi connectivity index (χ2n) is 7.73. The maximum atomic E-state index is 12.5. The summed E-state index contributed by atoms with van der Waals surface area (Å²) in [5.41, 5.74) is 1.65. The molecule has 180 valence electrons. The van der Waals surface area contributed by atoms with Crippen molar-refractivity contribution >= 4 is 35.7 Å². The number of amides is 2. The van der Waals surface area contributed by atoms with E-state index in [1.54, 1.807) is 36.5 Å². The summed E-state index contributed by atoms with van der Waals surface area (Å²) in [7, 11) is 1.72. The number of ether oxygens (including phenoxy) is 2. The van der Waals surface area contributed by atoms with Gasteiger partial charge in [-0.1, -0.05) is 17.7 Å². The number of benzene rings is 1. The van der Waals surface area contributed by atoms with E-state index in [9.17, 15) is 9.59 Å². The van der Waals surface area contributed by atoms with E-state index in [1.807, 2.05) is 31.2 Å². The lowest BCUT2D eigenvalue weighted by Crippen LogP contribution is -2.41. The third-order valence-corrected chi connectivity index (χ3v) is 5.13. The van der Waals surface area contributed by atoms with Crippen LogP contribution in [-0.2, 0) is 16.1 Å². The molecule has 2 N–H and O–H groups in total. The molecule has 11 heteroatoms. The van der Waals surface area contributed by atoms with Crippen molar-refractivity contribution in [3.8, 4) is 11.5 Å². The van der Waals surface area contributed by atoms with Crippen LogP contribution in [0.15, 0.2) is 55.0 Å². The highest BCUT2D eigenvalue weighted by Crippen LogP contribution is 2.26. The molecular formula is C23H27ClN6O4. The SMILES string of the molecule is Cc1ccc(OCCN(C)C(=O)Cn2cc(NC(=O)C3CNc4ncccc4O3)cn2)cc1.Cl. The van der Waals surface area contributed by atoms with E-state index < -0.39 is 6.10 Å². The number of nitrogens with one attached hydrogen (secondary N) is 2. The van der Waals surface area contributed by atoms with Crippen LogP contribution in [0.4, 0.5) is 11.5 Å². The van der Waals surface area contributed by atoms with Gasteiger partial charge in [0.15, 0.2) is 17.7 Å². The van der Waals surface area contributed by atoms with Crippen molar-refractivity contribution < 1.29 is 19.1 Å². The van der Waals surface area contributed by atoms with Crippen molar-refractivity contribution in [3.63, 3.8) is 0 Å². The van der Waals surface area contributed by atoms with E-state index in [1.165, 1.54) is 10.9 Å². The quantitative estimate of drug-likeness (QED) is 0.502. The molecule has 10 nitrogen and oxygen atoms in total. The Morgan fingerprint density at radius 1 is 1.29 bits per heavy atom. The fraction of sp³-hybridized carbons (Fsp3) is 0.304. The molecule has 4 rings (SSSR count). The molecule has 1 atom stereocenters. The van der Waals surface area contributed by atoms with Gasteiger partial charge in [-0.25, -0.2) is 4.98 Å². The van der Waals surface area contributed by atoms with Gasteiger partial charge in [0.05, 0.1) is 25.0 Å². The summed E-state index contributed by atoms with van der Waals surface area (Å²) < 4.78 is 12.9. The molecule has 0 bridgehead atoms. The van der Waals surface area contributed by atoms with Crippen molar-refractivity contribution in [2.24, 2.45) is 0 Å². The van der Waals surface area contributed by atoms with Gasteiger partial charge in [-0.05, 0) is 31.2 Å². The molecule has 1 unspecified atom stereocenters. The first-order valence-corrected chi connectivity index (χ1v) is 10.6. The molecule has 0 spiro atoms. The summed E-state index contributed by atoms with van der Waals surface area (Å²) in [5, 5.41) is 10.0. The molecule has 0 saturated carbocycles. The van der Waals surface area contributed by atoms with Gasteiger partial charge in [-0.3, -0.25) is 14.3 Å². The molecule has 0 aliphatic carbocycles. The van der Waals surface area contributed by atoms with Gasteiger partial charge in [0.2, 0.25) is 5.91 Å². The molecule has 3 heterocycles. The number of aromatic nitrogens is 3. The number of hydrogen-bond acceptors (Lipinski definition) is 7. The van der Waals surface area contributed by atoms with Crippen LogP contribution in [0.25, 0.3) is 0 Å². The van der Waals surface area contributed by atoms with Crippen molar-refractivity contribution in [2.45, 2.75) is 19.6 Å². The first-order chi connectivity index (χ1) is 16.0. The molecule has 3 aromatic rings. The number of pyridine rings is 1. The predicted octanol–water partition coefficient (Wildman–Crippen LogP) is 2.36. The number of anilines is 2. The minimum absolute atomic E-state index is 0. The first-order valence-electron chi connectivity index (χ1n) is 10.6. The second kappa shape index (κ2) is 11.4. The summed E-state index contributed by atoms with van der Waals surface area (Å²) in [5.74, 6) is 1.48. The Balaban J connectivity index is 0.00000324. The van der Waals surface area contributed by atoms with Crippen molar-refractivity contribution in [2.75, 3.05) is 37.4 Å². The van der Waals surface area contributed by atoms with Gasteiger partial charge >= 0.3 is 0 Å². The van der Waals surface area contributed by atoms with Crippen LogP contribution in [0.3, 0.4) is 0 Å². The topological polar surface area (TPSA) is 111 Å². The zero-order chi connectivity index (χ0) is 23.2. The van der Waals surface area contributed by atoms with Gasteiger partial charge in [0.25, 0.3) is 5.91 Å². The number of halogens is 1. The normalized spacial score (nSPS) is 14.0. The molecule has 1 aliphatic heterocycles. The summed E-state index contributed by atoms with van der Waals surface area (Å²) in [6, 6.07) is 11.3. The number of carbonyl (C=O) groups is 2. The van der Waals surface area contributed by atoms with Gasteiger partial charge in [-0.15, -0.1) is 12.4 Å². The molecule has 2 amide bonds. The highest BCUT2D eigenvalue weighted by Gasteiger charge is 2.26. The zero-order valence-corrected chi connectivity index (χ0v) is 19.7. The largest absolute Gasteiger partial charge is 0.492 e. The predicted molar refractivity (Wildman–Crippen MR) is 130 cm³/mol. The van der Waals surface area contributed by atoms with E-state index in [2.05, 4.69) is 20.7 Å². The Morgan fingerprint density at radius 2 is 2.09 bits per heavy atom. The Hall–Kier alpha value is -3.79. The standard InChI is InChI=1S/C23H26N6O4.ClH/c1-16-5-7-18(8-6-16)32-11-10-28(2)21(30)15-29-14-17(12-26-29)27-23(31)20-13-25-22-19(33-20)4-3-9-24-22;/h3-9,12,14,20H,10-11,13,15H2,1-2H3,(H,24,25)(H,27,31);1H. The van der Waals surface area contributed by atoms with Crippen LogP contribution >= 0.6 is 12.4 Å². The number of likely N-dealkylation sites (N-methyl/N-ethyl adjacent to an activating group) is 1. The van der Waals surface area contributed by atoms with Crippen LogP contribution in [0.1, 0.15) is 5.56 Å². The van der Waals surface area contributed by atoms with Crippen LogP contribution in [0.2, 0.25) is 0 Å². The minimum Gasteiger partial charge on any atom is -0.492 e. The van der Waals surface area contributed by atoms with Crippen molar-refractivity contribution in [1.29, 1.82) is 0 Å². The minimum atomic E-state index is -0.702. The molecule has 0 fully saturated rings. The van der Waals surface area contributed by atoms with Gasteiger partial charge in [-0.2, -0.15) is 5.10 Å². The van der Waals surface area contributed by atoms with E-state index >= 15 is 0 Å². The van der Waals surface area contributed by atoms with Crippen molar-refractivity contribution in [3.05, 3.63) is 60.6 Å². The van der Waals surface area contributed by atoms with Crippen LogP contribution in [0, 0.1) is 6.92 Å².